The Morgan fingerprint density at radius 2 is 2.06 bits per heavy atom. The molecule has 0 aliphatic carbocycles. The minimum atomic E-state index is 0.407. The summed E-state index contributed by atoms with van der Waals surface area (Å²) < 4.78 is 2.99. The van der Waals surface area contributed by atoms with Gasteiger partial charge in [0.05, 0.1) is 5.69 Å². The SMILES string of the molecule is CC(C)c1cc(Br)ccc1-n1cccc1C=O. The highest BCUT2D eigenvalue weighted by molar-refractivity contribution is 9.10. The van der Waals surface area contributed by atoms with Crippen molar-refractivity contribution in [3.63, 3.8) is 0 Å². The van der Waals surface area contributed by atoms with E-state index >= 15 is 0 Å². The average molecular weight is 292 g/mol. The highest BCUT2D eigenvalue weighted by atomic mass is 79.9. The second-order valence-electron chi connectivity index (χ2n) is 4.28. The maximum atomic E-state index is 11.0. The van der Waals surface area contributed by atoms with Crippen LogP contribution in [0.25, 0.3) is 5.69 Å². The summed E-state index contributed by atoms with van der Waals surface area (Å²) in [5.41, 5.74) is 2.96. The maximum absolute atomic E-state index is 11.0. The van der Waals surface area contributed by atoms with E-state index < -0.39 is 0 Å². The van der Waals surface area contributed by atoms with Crippen LogP contribution in [-0.4, -0.2) is 10.9 Å². The van der Waals surface area contributed by atoms with Gasteiger partial charge in [-0.2, -0.15) is 0 Å². The Morgan fingerprint density at radius 3 is 2.71 bits per heavy atom. The first kappa shape index (κ1) is 12.1. The Labute approximate surface area is 109 Å². The van der Waals surface area contributed by atoms with Crippen molar-refractivity contribution in [2.45, 2.75) is 19.8 Å². The van der Waals surface area contributed by atoms with Gasteiger partial charge in [-0.15, -0.1) is 0 Å². The zero-order valence-corrected chi connectivity index (χ0v) is 11.4. The molecule has 0 amide bonds. The molecule has 2 rings (SSSR count). The third-order valence-electron chi connectivity index (χ3n) is 2.77. The van der Waals surface area contributed by atoms with Crippen LogP contribution in [-0.2, 0) is 0 Å². The zero-order valence-electron chi connectivity index (χ0n) is 9.85. The van der Waals surface area contributed by atoms with E-state index in [9.17, 15) is 4.79 Å². The predicted molar refractivity (Wildman–Crippen MR) is 72.9 cm³/mol. The van der Waals surface area contributed by atoms with Crippen LogP contribution in [0.1, 0.15) is 35.8 Å². The molecule has 0 bridgehead atoms. The van der Waals surface area contributed by atoms with Crippen LogP contribution in [0.4, 0.5) is 0 Å². The van der Waals surface area contributed by atoms with Gasteiger partial charge in [0.15, 0.2) is 6.29 Å². The summed E-state index contributed by atoms with van der Waals surface area (Å²) >= 11 is 3.48. The van der Waals surface area contributed by atoms with Crippen LogP contribution >= 0.6 is 15.9 Å². The van der Waals surface area contributed by atoms with Gasteiger partial charge < -0.3 is 4.57 Å². The number of carbonyl (C=O) groups is 1. The van der Waals surface area contributed by atoms with Crippen molar-refractivity contribution in [2.24, 2.45) is 0 Å². The van der Waals surface area contributed by atoms with Gasteiger partial charge in [0.2, 0.25) is 0 Å². The summed E-state index contributed by atoms with van der Waals surface area (Å²) in [4.78, 5) is 11.0. The van der Waals surface area contributed by atoms with E-state index in [0.29, 0.717) is 11.6 Å². The number of hydrogen-bond donors (Lipinski definition) is 0. The van der Waals surface area contributed by atoms with Gasteiger partial charge in [0, 0.05) is 16.4 Å². The minimum Gasteiger partial charge on any atom is -0.314 e. The molecule has 0 saturated carbocycles. The van der Waals surface area contributed by atoms with Crippen LogP contribution in [0, 0.1) is 0 Å². The smallest absolute Gasteiger partial charge is 0.166 e. The molecule has 0 aliphatic heterocycles. The van der Waals surface area contributed by atoms with Crippen molar-refractivity contribution >= 4 is 22.2 Å². The maximum Gasteiger partial charge on any atom is 0.166 e. The Hall–Kier alpha value is -1.35. The Balaban J connectivity index is 2.63. The van der Waals surface area contributed by atoms with Gasteiger partial charge in [-0.3, -0.25) is 4.79 Å². The molecular formula is C14H14BrNO. The predicted octanol–water partition coefficient (Wildman–Crippen LogP) is 4.18. The molecule has 0 N–H and O–H groups in total. The molecule has 1 aromatic carbocycles. The number of aromatic nitrogens is 1. The van der Waals surface area contributed by atoms with Crippen LogP contribution in [0.3, 0.4) is 0 Å². The molecular weight excluding hydrogens is 278 g/mol. The Kier molecular flexibility index (Phi) is 3.48. The first-order valence-corrected chi connectivity index (χ1v) is 6.35. The lowest BCUT2D eigenvalue weighted by atomic mass is 10.0. The van der Waals surface area contributed by atoms with Crippen LogP contribution < -0.4 is 0 Å². The molecule has 0 aliphatic rings. The van der Waals surface area contributed by atoms with Gasteiger partial charge in [0.25, 0.3) is 0 Å². The molecule has 88 valence electrons. The monoisotopic (exact) mass is 291 g/mol. The standard InChI is InChI=1S/C14H14BrNO/c1-10(2)13-8-11(15)5-6-14(13)16-7-3-4-12(16)9-17/h3-10H,1-2H3. The molecule has 0 unspecified atom stereocenters. The molecule has 0 spiro atoms. The number of halogens is 1. The fraction of sp³-hybridized carbons (Fsp3) is 0.214. The highest BCUT2D eigenvalue weighted by Crippen LogP contribution is 2.27. The lowest BCUT2D eigenvalue weighted by Crippen LogP contribution is -2.03. The van der Waals surface area contributed by atoms with E-state index in [0.717, 1.165) is 16.4 Å². The van der Waals surface area contributed by atoms with Crippen LogP contribution in [0.15, 0.2) is 41.0 Å². The summed E-state index contributed by atoms with van der Waals surface area (Å²) in [6.45, 7) is 4.30. The molecule has 3 heteroatoms. The molecule has 17 heavy (non-hydrogen) atoms. The van der Waals surface area contributed by atoms with Crippen molar-refractivity contribution in [2.75, 3.05) is 0 Å². The molecule has 0 atom stereocenters. The van der Waals surface area contributed by atoms with E-state index in [-0.39, 0.29) is 0 Å². The topological polar surface area (TPSA) is 22.0 Å². The van der Waals surface area contributed by atoms with Crippen molar-refractivity contribution in [3.8, 4) is 5.69 Å². The van der Waals surface area contributed by atoms with Crippen molar-refractivity contribution < 1.29 is 4.79 Å². The Bertz CT molecular complexity index is 543. The van der Waals surface area contributed by atoms with E-state index in [1.54, 1.807) is 0 Å². The molecule has 1 heterocycles. The second kappa shape index (κ2) is 4.88. The van der Waals surface area contributed by atoms with E-state index in [2.05, 4.69) is 35.8 Å². The first-order valence-electron chi connectivity index (χ1n) is 5.56. The molecule has 0 fully saturated rings. The number of hydrogen-bond acceptors (Lipinski definition) is 1. The minimum absolute atomic E-state index is 0.407. The molecule has 0 radical (unpaired) electrons. The second-order valence-corrected chi connectivity index (χ2v) is 5.19. The molecule has 0 saturated heterocycles. The molecule has 1 aromatic heterocycles. The lowest BCUT2D eigenvalue weighted by Gasteiger charge is -2.15. The van der Waals surface area contributed by atoms with Crippen molar-refractivity contribution in [1.82, 2.24) is 4.57 Å². The summed E-state index contributed by atoms with van der Waals surface area (Å²) in [6, 6.07) is 9.84. The first-order chi connectivity index (χ1) is 8.13. The van der Waals surface area contributed by atoms with Crippen molar-refractivity contribution in [1.29, 1.82) is 0 Å². The fourth-order valence-electron chi connectivity index (χ4n) is 1.92. The summed E-state index contributed by atoms with van der Waals surface area (Å²) in [5.74, 6) is 0.407. The summed E-state index contributed by atoms with van der Waals surface area (Å²) in [6.07, 6.45) is 2.80. The van der Waals surface area contributed by atoms with Crippen LogP contribution in [0.2, 0.25) is 0 Å². The average Bonchev–Trinajstić information content (AvgIpc) is 2.76. The van der Waals surface area contributed by atoms with Gasteiger partial charge in [-0.1, -0.05) is 29.8 Å². The third kappa shape index (κ3) is 2.34. The van der Waals surface area contributed by atoms with Gasteiger partial charge in [-0.05, 0) is 41.8 Å². The van der Waals surface area contributed by atoms with Gasteiger partial charge in [0.1, 0.15) is 0 Å². The summed E-state index contributed by atoms with van der Waals surface area (Å²) in [7, 11) is 0. The zero-order chi connectivity index (χ0) is 12.4. The van der Waals surface area contributed by atoms with Crippen LogP contribution in [0.5, 0.6) is 0 Å². The number of aldehydes is 1. The van der Waals surface area contributed by atoms with E-state index in [1.165, 1.54) is 5.56 Å². The lowest BCUT2D eigenvalue weighted by molar-refractivity contribution is 0.111. The Morgan fingerprint density at radius 1 is 1.29 bits per heavy atom. The quantitative estimate of drug-likeness (QED) is 0.778. The number of benzene rings is 1. The van der Waals surface area contributed by atoms with Gasteiger partial charge in [-0.25, -0.2) is 0 Å². The number of rotatable bonds is 3. The molecule has 2 nitrogen and oxygen atoms in total. The van der Waals surface area contributed by atoms with E-state index in [4.69, 9.17) is 0 Å². The van der Waals surface area contributed by atoms with Crippen molar-refractivity contribution in [3.05, 3.63) is 52.3 Å². The third-order valence-corrected chi connectivity index (χ3v) is 3.27. The largest absolute Gasteiger partial charge is 0.314 e. The molecule has 2 aromatic rings. The van der Waals surface area contributed by atoms with Gasteiger partial charge >= 0.3 is 0 Å². The van der Waals surface area contributed by atoms with E-state index in [1.807, 2.05) is 35.0 Å². The highest BCUT2D eigenvalue weighted by Gasteiger charge is 2.10. The fourth-order valence-corrected chi connectivity index (χ4v) is 2.30. The normalized spacial score (nSPS) is 10.8. The number of carbonyl (C=O) groups excluding carboxylic acids is 1. The number of nitrogens with zero attached hydrogens (tertiary/aromatic N) is 1. The summed E-state index contributed by atoms with van der Waals surface area (Å²) in [5, 5.41) is 0.